The van der Waals surface area contributed by atoms with Crippen molar-refractivity contribution in [3.05, 3.63) is 58.3 Å². The molecule has 22 heavy (non-hydrogen) atoms. The first-order chi connectivity index (χ1) is 10.6. The normalized spacial score (nSPS) is 10.6. The molecule has 0 bridgehead atoms. The highest BCUT2D eigenvalue weighted by Crippen LogP contribution is 2.22. The van der Waals surface area contributed by atoms with E-state index in [0.717, 1.165) is 0 Å². The van der Waals surface area contributed by atoms with Crippen LogP contribution in [0.4, 0.5) is 5.69 Å². The summed E-state index contributed by atoms with van der Waals surface area (Å²) in [4.78, 5) is 26.4. The molecule has 0 radical (unpaired) electrons. The molecule has 0 atom stereocenters. The summed E-state index contributed by atoms with van der Waals surface area (Å²) >= 11 is 0. The molecule has 0 aliphatic heterocycles. The molecule has 0 fully saturated rings. The van der Waals surface area contributed by atoms with E-state index in [1.165, 1.54) is 23.8 Å². The fourth-order valence-corrected chi connectivity index (χ4v) is 2.06. The predicted molar refractivity (Wildman–Crippen MR) is 76.4 cm³/mol. The number of hydrogen-bond donors (Lipinski definition) is 0. The number of non-ortho nitro benzene ring substituents is 1. The van der Waals surface area contributed by atoms with Gasteiger partial charge in [0.15, 0.2) is 11.5 Å². The van der Waals surface area contributed by atoms with E-state index in [4.69, 9.17) is 4.74 Å². The van der Waals surface area contributed by atoms with E-state index in [0.29, 0.717) is 17.0 Å². The Hall–Kier alpha value is -3.29. The lowest BCUT2D eigenvalue weighted by molar-refractivity contribution is -0.384. The number of pyridine rings is 1. The van der Waals surface area contributed by atoms with Crippen LogP contribution in [0.25, 0.3) is 17.0 Å². The van der Waals surface area contributed by atoms with E-state index in [1.807, 2.05) is 0 Å². The van der Waals surface area contributed by atoms with Gasteiger partial charge in [0, 0.05) is 23.9 Å². The minimum Gasteiger partial charge on any atom is -0.465 e. The summed E-state index contributed by atoms with van der Waals surface area (Å²) in [6, 6.07) is 9.21. The standard InChI is InChI=1S/C14H10N4O4/c1-22-14(19)11-6-3-7-17-13(11)15-12(16-17)9-4-2-5-10(8-9)18(20)21/h2-8H,1H3. The highest BCUT2D eigenvalue weighted by Gasteiger charge is 2.16. The van der Waals surface area contributed by atoms with Crippen LogP contribution in [0, 0.1) is 10.1 Å². The van der Waals surface area contributed by atoms with Crippen molar-refractivity contribution >= 4 is 17.3 Å². The lowest BCUT2D eigenvalue weighted by Gasteiger charge is -1.99. The summed E-state index contributed by atoms with van der Waals surface area (Å²) in [6.07, 6.45) is 1.63. The number of ether oxygens (including phenoxy) is 1. The van der Waals surface area contributed by atoms with Gasteiger partial charge in [-0.25, -0.2) is 14.3 Å². The Kier molecular flexibility index (Phi) is 3.26. The lowest BCUT2D eigenvalue weighted by Crippen LogP contribution is -2.04. The first-order valence-electron chi connectivity index (χ1n) is 6.28. The molecule has 0 saturated heterocycles. The zero-order valence-corrected chi connectivity index (χ0v) is 11.5. The zero-order chi connectivity index (χ0) is 15.7. The van der Waals surface area contributed by atoms with E-state index in [1.54, 1.807) is 30.5 Å². The highest BCUT2D eigenvalue weighted by molar-refractivity contribution is 5.95. The number of nitro groups is 1. The molecule has 1 aromatic carbocycles. The van der Waals surface area contributed by atoms with Gasteiger partial charge in [0.25, 0.3) is 5.69 Å². The van der Waals surface area contributed by atoms with E-state index in [-0.39, 0.29) is 11.3 Å². The molecule has 0 unspecified atom stereocenters. The van der Waals surface area contributed by atoms with Crippen LogP contribution in [0.2, 0.25) is 0 Å². The smallest absolute Gasteiger partial charge is 0.341 e. The molecule has 8 nitrogen and oxygen atoms in total. The van der Waals surface area contributed by atoms with Crippen LogP contribution in [-0.4, -0.2) is 32.6 Å². The van der Waals surface area contributed by atoms with Crippen LogP contribution in [0.5, 0.6) is 0 Å². The number of rotatable bonds is 3. The Bertz CT molecular complexity index is 887. The number of aromatic nitrogens is 3. The van der Waals surface area contributed by atoms with E-state index in [2.05, 4.69) is 10.1 Å². The van der Waals surface area contributed by atoms with Gasteiger partial charge in [-0.05, 0) is 12.1 Å². The monoisotopic (exact) mass is 298 g/mol. The minimum atomic E-state index is -0.524. The summed E-state index contributed by atoms with van der Waals surface area (Å²) in [5.74, 6) is -0.233. The van der Waals surface area contributed by atoms with Crippen molar-refractivity contribution in [1.29, 1.82) is 0 Å². The van der Waals surface area contributed by atoms with E-state index >= 15 is 0 Å². The van der Waals surface area contributed by atoms with E-state index < -0.39 is 10.9 Å². The average molecular weight is 298 g/mol. The molecule has 110 valence electrons. The van der Waals surface area contributed by atoms with Gasteiger partial charge in [0.05, 0.1) is 12.0 Å². The molecule has 8 heteroatoms. The molecule has 3 aromatic rings. The number of carbonyl (C=O) groups excluding carboxylic acids is 1. The highest BCUT2D eigenvalue weighted by atomic mass is 16.6. The number of nitrogens with zero attached hydrogens (tertiary/aromatic N) is 4. The van der Waals surface area contributed by atoms with Gasteiger partial charge in [-0.2, -0.15) is 0 Å². The summed E-state index contributed by atoms with van der Waals surface area (Å²) in [6.45, 7) is 0. The number of fused-ring (bicyclic) bond motifs is 1. The van der Waals surface area contributed by atoms with Crippen LogP contribution in [0.15, 0.2) is 42.6 Å². The van der Waals surface area contributed by atoms with Gasteiger partial charge in [-0.3, -0.25) is 10.1 Å². The SMILES string of the molecule is COC(=O)c1cccn2nc(-c3cccc([N+](=O)[O-])c3)nc12. The van der Waals surface area contributed by atoms with Gasteiger partial charge in [0.2, 0.25) is 0 Å². The fourth-order valence-electron chi connectivity index (χ4n) is 2.06. The number of methoxy groups -OCH3 is 1. The van der Waals surface area contributed by atoms with Crippen molar-refractivity contribution in [2.75, 3.05) is 7.11 Å². The Morgan fingerprint density at radius 2 is 2.14 bits per heavy atom. The van der Waals surface area contributed by atoms with Crippen molar-refractivity contribution in [2.45, 2.75) is 0 Å². The minimum absolute atomic E-state index is 0.0513. The van der Waals surface area contributed by atoms with Crippen LogP contribution < -0.4 is 0 Å². The largest absolute Gasteiger partial charge is 0.465 e. The van der Waals surface area contributed by atoms with Gasteiger partial charge in [-0.15, -0.1) is 5.10 Å². The number of nitro benzene ring substituents is 1. The van der Waals surface area contributed by atoms with Gasteiger partial charge in [0.1, 0.15) is 5.56 Å². The van der Waals surface area contributed by atoms with Crippen LogP contribution in [-0.2, 0) is 4.74 Å². The second-order valence-corrected chi connectivity index (χ2v) is 4.42. The summed E-state index contributed by atoms with van der Waals surface area (Å²) in [5, 5.41) is 15.1. The number of carbonyl (C=O) groups is 1. The quantitative estimate of drug-likeness (QED) is 0.417. The van der Waals surface area contributed by atoms with Gasteiger partial charge in [-0.1, -0.05) is 12.1 Å². The maximum Gasteiger partial charge on any atom is 0.341 e. The summed E-state index contributed by atoms with van der Waals surface area (Å²) in [7, 11) is 1.28. The third kappa shape index (κ3) is 2.26. The third-order valence-corrected chi connectivity index (χ3v) is 3.08. The molecular weight excluding hydrogens is 288 g/mol. The van der Waals surface area contributed by atoms with E-state index in [9.17, 15) is 14.9 Å². The molecule has 0 spiro atoms. The predicted octanol–water partition coefficient (Wildman–Crippen LogP) is 2.09. The maximum absolute atomic E-state index is 11.7. The molecule has 0 aliphatic rings. The first-order valence-corrected chi connectivity index (χ1v) is 6.28. The molecule has 3 rings (SSSR count). The first kappa shape index (κ1) is 13.7. The molecule has 0 N–H and O–H groups in total. The Morgan fingerprint density at radius 3 is 2.86 bits per heavy atom. The molecule has 0 saturated carbocycles. The van der Waals surface area contributed by atoms with Gasteiger partial charge >= 0.3 is 5.97 Å². The Balaban J connectivity index is 2.15. The molecule has 2 aromatic heterocycles. The van der Waals surface area contributed by atoms with Crippen molar-refractivity contribution in [3.63, 3.8) is 0 Å². The number of hydrogen-bond acceptors (Lipinski definition) is 6. The Labute approximate surface area is 124 Å². The molecule has 0 aliphatic carbocycles. The molecule has 2 heterocycles. The van der Waals surface area contributed by atoms with Crippen molar-refractivity contribution < 1.29 is 14.5 Å². The van der Waals surface area contributed by atoms with Crippen LogP contribution in [0.1, 0.15) is 10.4 Å². The average Bonchev–Trinajstić information content (AvgIpc) is 2.98. The summed E-state index contributed by atoms with van der Waals surface area (Å²) < 4.78 is 6.13. The van der Waals surface area contributed by atoms with Crippen molar-refractivity contribution in [3.8, 4) is 11.4 Å². The zero-order valence-electron chi connectivity index (χ0n) is 11.5. The second-order valence-electron chi connectivity index (χ2n) is 4.42. The van der Waals surface area contributed by atoms with Crippen molar-refractivity contribution in [2.24, 2.45) is 0 Å². The summed E-state index contributed by atoms with van der Waals surface area (Å²) in [5.41, 5.74) is 1.04. The van der Waals surface area contributed by atoms with Crippen LogP contribution in [0.3, 0.4) is 0 Å². The molecule has 0 amide bonds. The number of esters is 1. The number of benzene rings is 1. The van der Waals surface area contributed by atoms with Crippen molar-refractivity contribution in [1.82, 2.24) is 14.6 Å². The Morgan fingerprint density at radius 1 is 1.32 bits per heavy atom. The van der Waals surface area contributed by atoms with Crippen LogP contribution >= 0.6 is 0 Å². The topological polar surface area (TPSA) is 99.6 Å². The van der Waals surface area contributed by atoms with Gasteiger partial charge < -0.3 is 4.74 Å². The maximum atomic E-state index is 11.7. The third-order valence-electron chi connectivity index (χ3n) is 3.08. The second kappa shape index (κ2) is 5.24. The lowest BCUT2D eigenvalue weighted by atomic mass is 10.2. The fraction of sp³-hybridized carbons (Fsp3) is 0.0714. The molecular formula is C14H10N4O4.